The molecule has 3 heterocycles. The number of aryl methyl sites for hydroxylation is 2. The molecule has 7 heteroatoms. The number of pyridine rings is 1. The lowest BCUT2D eigenvalue weighted by atomic mass is 10.1. The third-order valence-electron chi connectivity index (χ3n) is 4.93. The Bertz CT molecular complexity index is 1060. The van der Waals surface area contributed by atoms with Gasteiger partial charge < -0.3 is 18.8 Å². The van der Waals surface area contributed by atoms with E-state index in [1.54, 1.807) is 11.9 Å². The van der Waals surface area contributed by atoms with Gasteiger partial charge in [0.05, 0.1) is 29.7 Å². The van der Waals surface area contributed by atoms with Crippen LogP contribution in [0.3, 0.4) is 0 Å². The van der Waals surface area contributed by atoms with Crippen molar-refractivity contribution in [2.45, 2.75) is 13.0 Å². The largest absolute Gasteiger partial charge is 0.496 e. The molecule has 0 radical (unpaired) electrons. The molecule has 4 rings (SSSR count). The number of methoxy groups -OCH3 is 1. The van der Waals surface area contributed by atoms with E-state index in [2.05, 4.69) is 15.6 Å². The number of benzene rings is 1. The zero-order valence-electron chi connectivity index (χ0n) is 15.0. The Morgan fingerprint density at radius 1 is 1.27 bits per heavy atom. The lowest BCUT2D eigenvalue weighted by Gasteiger charge is -2.40. The Balaban J connectivity index is 1.58. The highest BCUT2D eigenvalue weighted by Crippen LogP contribution is 2.30. The highest BCUT2D eigenvalue weighted by molar-refractivity contribution is 5.97. The third kappa shape index (κ3) is 2.47. The van der Waals surface area contributed by atoms with Crippen molar-refractivity contribution in [3.8, 4) is 5.75 Å². The summed E-state index contributed by atoms with van der Waals surface area (Å²) in [6, 6.07) is 9.56. The minimum absolute atomic E-state index is 0.129. The van der Waals surface area contributed by atoms with Gasteiger partial charge in [-0.1, -0.05) is 12.1 Å². The Kier molecular flexibility index (Phi) is 3.79. The fourth-order valence-electron chi connectivity index (χ4n) is 3.52. The second kappa shape index (κ2) is 6.01. The Hall–Kier alpha value is -3.09. The van der Waals surface area contributed by atoms with Gasteiger partial charge in [0.25, 0.3) is 11.5 Å². The molecule has 134 valence electrons. The molecule has 3 aromatic rings. The molecule has 0 bridgehead atoms. The Labute approximate surface area is 150 Å². The number of fused-ring (bicyclic) bond motifs is 1. The molecule has 0 saturated carbocycles. The second-order valence-electron chi connectivity index (χ2n) is 6.59. The maximum atomic E-state index is 12.8. The molecule has 1 amide bonds. The van der Waals surface area contributed by atoms with Crippen molar-refractivity contribution in [2.75, 3.05) is 20.2 Å². The SMILES string of the molecule is COc1cc(=O)n(C)cc1C(=O)N1CC(n2c(C)nc3ccccc32)C1. The van der Waals surface area contributed by atoms with E-state index in [9.17, 15) is 9.59 Å². The minimum Gasteiger partial charge on any atom is -0.496 e. The maximum Gasteiger partial charge on any atom is 0.259 e. The molecule has 2 aromatic heterocycles. The molecular weight excluding hydrogens is 332 g/mol. The standard InChI is InChI=1S/C19H20N4O3/c1-12-20-15-6-4-5-7-16(15)23(12)13-9-22(10-13)19(25)14-11-21(2)18(24)8-17(14)26-3/h4-8,11,13H,9-10H2,1-3H3. The van der Waals surface area contributed by atoms with Gasteiger partial charge in [-0.25, -0.2) is 4.98 Å². The summed E-state index contributed by atoms with van der Waals surface area (Å²) in [7, 11) is 3.09. The number of hydrogen-bond donors (Lipinski definition) is 0. The fraction of sp³-hybridized carbons (Fsp3) is 0.316. The summed E-state index contributed by atoms with van der Waals surface area (Å²) in [5, 5.41) is 0. The minimum atomic E-state index is -0.208. The predicted octanol–water partition coefficient (Wildman–Crippen LogP) is 1.75. The van der Waals surface area contributed by atoms with Crippen molar-refractivity contribution in [1.82, 2.24) is 19.0 Å². The molecule has 0 unspecified atom stereocenters. The van der Waals surface area contributed by atoms with E-state index < -0.39 is 0 Å². The average molecular weight is 352 g/mol. The number of amides is 1. The lowest BCUT2D eigenvalue weighted by molar-refractivity contribution is 0.0519. The number of hydrogen-bond acceptors (Lipinski definition) is 4. The Morgan fingerprint density at radius 3 is 2.73 bits per heavy atom. The van der Waals surface area contributed by atoms with Gasteiger partial charge in [-0.2, -0.15) is 0 Å². The normalized spacial score (nSPS) is 14.5. The summed E-state index contributed by atoms with van der Waals surface area (Å²) >= 11 is 0. The van der Waals surface area contributed by atoms with E-state index in [4.69, 9.17) is 4.74 Å². The fourth-order valence-corrected chi connectivity index (χ4v) is 3.52. The molecule has 1 aromatic carbocycles. The molecule has 0 aliphatic carbocycles. The summed E-state index contributed by atoms with van der Waals surface area (Å²) in [4.78, 5) is 30.9. The van der Waals surface area contributed by atoms with Crippen molar-refractivity contribution in [1.29, 1.82) is 0 Å². The van der Waals surface area contributed by atoms with E-state index in [0.717, 1.165) is 16.9 Å². The number of nitrogens with zero attached hydrogens (tertiary/aromatic N) is 4. The molecule has 0 spiro atoms. The van der Waals surface area contributed by atoms with Gasteiger partial charge in [0.15, 0.2) is 0 Å². The molecule has 26 heavy (non-hydrogen) atoms. The maximum absolute atomic E-state index is 12.8. The first-order valence-electron chi connectivity index (χ1n) is 8.47. The van der Waals surface area contributed by atoms with Crippen LogP contribution in [0.2, 0.25) is 0 Å². The first kappa shape index (κ1) is 16.4. The topological polar surface area (TPSA) is 69.4 Å². The number of ether oxygens (including phenoxy) is 1. The van der Waals surface area contributed by atoms with Crippen molar-refractivity contribution < 1.29 is 9.53 Å². The highest BCUT2D eigenvalue weighted by atomic mass is 16.5. The van der Waals surface area contributed by atoms with E-state index in [-0.39, 0.29) is 17.5 Å². The number of likely N-dealkylation sites (tertiary alicyclic amines) is 1. The van der Waals surface area contributed by atoms with Crippen LogP contribution >= 0.6 is 0 Å². The van der Waals surface area contributed by atoms with Crippen LogP contribution in [0.1, 0.15) is 22.2 Å². The van der Waals surface area contributed by atoms with E-state index in [1.165, 1.54) is 23.9 Å². The predicted molar refractivity (Wildman–Crippen MR) is 97.6 cm³/mol. The quantitative estimate of drug-likeness (QED) is 0.720. The monoisotopic (exact) mass is 352 g/mol. The van der Waals surface area contributed by atoms with E-state index >= 15 is 0 Å². The number of rotatable bonds is 3. The van der Waals surface area contributed by atoms with Crippen molar-refractivity contribution in [2.24, 2.45) is 7.05 Å². The van der Waals surface area contributed by atoms with Gasteiger partial charge in [-0.15, -0.1) is 0 Å². The van der Waals surface area contributed by atoms with Gasteiger partial charge in [0, 0.05) is 32.4 Å². The van der Waals surface area contributed by atoms with Gasteiger partial charge in [0.2, 0.25) is 0 Å². The molecule has 0 atom stereocenters. The molecule has 1 fully saturated rings. The molecule has 7 nitrogen and oxygen atoms in total. The summed E-state index contributed by atoms with van der Waals surface area (Å²) in [6.45, 7) is 3.19. The molecule has 0 N–H and O–H groups in total. The number of imidazole rings is 1. The summed E-state index contributed by atoms with van der Waals surface area (Å²) < 4.78 is 8.80. The van der Waals surface area contributed by atoms with Crippen LogP contribution < -0.4 is 10.3 Å². The van der Waals surface area contributed by atoms with Crippen LogP contribution in [-0.2, 0) is 7.05 Å². The van der Waals surface area contributed by atoms with Crippen LogP contribution in [0.25, 0.3) is 11.0 Å². The summed E-state index contributed by atoms with van der Waals surface area (Å²) in [5.74, 6) is 1.13. The van der Waals surface area contributed by atoms with Crippen LogP contribution in [-0.4, -0.2) is 45.1 Å². The van der Waals surface area contributed by atoms with Crippen LogP contribution in [0, 0.1) is 6.92 Å². The first-order chi connectivity index (χ1) is 12.5. The molecule has 1 aliphatic heterocycles. The summed E-state index contributed by atoms with van der Waals surface area (Å²) in [6.07, 6.45) is 1.54. The first-order valence-corrected chi connectivity index (χ1v) is 8.47. The van der Waals surface area contributed by atoms with Crippen LogP contribution in [0.4, 0.5) is 0 Å². The Morgan fingerprint density at radius 2 is 2.00 bits per heavy atom. The highest BCUT2D eigenvalue weighted by Gasteiger charge is 2.35. The molecule has 1 saturated heterocycles. The molecular formula is C19H20N4O3. The molecule has 1 aliphatic rings. The van der Waals surface area contributed by atoms with E-state index in [1.807, 2.05) is 25.1 Å². The van der Waals surface area contributed by atoms with Crippen molar-refractivity contribution >= 4 is 16.9 Å². The van der Waals surface area contributed by atoms with Crippen molar-refractivity contribution in [3.05, 3.63) is 58.3 Å². The second-order valence-corrected chi connectivity index (χ2v) is 6.59. The lowest BCUT2D eigenvalue weighted by Crippen LogP contribution is -2.51. The number of aromatic nitrogens is 3. The number of para-hydroxylation sites is 2. The number of carbonyl (C=O) groups is 1. The average Bonchev–Trinajstić information content (AvgIpc) is 2.91. The zero-order chi connectivity index (χ0) is 18.4. The van der Waals surface area contributed by atoms with Gasteiger partial charge >= 0.3 is 0 Å². The summed E-state index contributed by atoms with van der Waals surface area (Å²) in [5.41, 5.74) is 2.25. The smallest absolute Gasteiger partial charge is 0.259 e. The zero-order valence-corrected chi connectivity index (χ0v) is 15.0. The van der Waals surface area contributed by atoms with Crippen LogP contribution in [0.5, 0.6) is 5.75 Å². The third-order valence-corrected chi connectivity index (χ3v) is 4.93. The van der Waals surface area contributed by atoms with E-state index in [0.29, 0.717) is 24.4 Å². The van der Waals surface area contributed by atoms with Crippen LogP contribution in [0.15, 0.2) is 41.3 Å². The van der Waals surface area contributed by atoms with Gasteiger partial charge in [-0.3, -0.25) is 9.59 Å². The number of carbonyl (C=O) groups excluding carboxylic acids is 1. The van der Waals surface area contributed by atoms with Crippen molar-refractivity contribution in [3.63, 3.8) is 0 Å². The van der Waals surface area contributed by atoms with Gasteiger partial charge in [0.1, 0.15) is 11.6 Å². The van der Waals surface area contributed by atoms with Gasteiger partial charge in [-0.05, 0) is 19.1 Å².